The minimum absolute atomic E-state index is 0.215. The highest BCUT2D eigenvalue weighted by molar-refractivity contribution is 7.14. The molecule has 0 unspecified atom stereocenters. The molecule has 2 aromatic rings. The molecule has 1 saturated heterocycles. The van der Waals surface area contributed by atoms with Gasteiger partial charge in [-0.05, 0) is 49.1 Å². The number of benzene rings is 1. The highest BCUT2D eigenvalue weighted by atomic mass is 32.1. The van der Waals surface area contributed by atoms with Crippen LogP contribution in [0.15, 0.2) is 35.7 Å². The topological polar surface area (TPSA) is 20.3 Å². The quantitative estimate of drug-likeness (QED) is 0.813. The summed E-state index contributed by atoms with van der Waals surface area (Å²) in [5, 5.41) is 2.03. The van der Waals surface area contributed by atoms with Crippen LogP contribution >= 0.6 is 11.3 Å². The Morgan fingerprint density at radius 3 is 2.90 bits per heavy atom. The average molecular weight is 297 g/mol. The standard InChI is InChI=1S/C18H19NOS/c1-11-4-3-5-13(8-11)17-15(6-7-21-17)18(20)19-10-14-9-16(14)12(19)2/h3-8,12,14,16H,9-10H2,1-2H3/t12-,14-,16+/m0/s1. The largest absolute Gasteiger partial charge is 0.335 e. The minimum atomic E-state index is 0.215. The second-order valence-electron chi connectivity index (χ2n) is 6.39. The van der Waals surface area contributed by atoms with Crippen molar-refractivity contribution in [2.24, 2.45) is 11.8 Å². The number of likely N-dealkylation sites (tertiary alicyclic amines) is 1. The van der Waals surface area contributed by atoms with Gasteiger partial charge in [0.15, 0.2) is 0 Å². The van der Waals surface area contributed by atoms with Crippen LogP contribution in [0.5, 0.6) is 0 Å². The molecule has 21 heavy (non-hydrogen) atoms. The monoisotopic (exact) mass is 297 g/mol. The van der Waals surface area contributed by atoms with E-state index in [1.54, 1.807) is 11.3 Å². The zero-order chi connectivity index (χ0) is 14.6. The van der Waals surface area contributed by atoms with E-state index in [0.717, 1.165) is 34.4 Å². The second kappa shape index (κ2) is 4.70. The molecule has 1 amide bonds. The van der Waals surface area contributed by atoms with Gasteiger partial charge in [0.1, 0.15) is 0 Å². The molecule has 2 heterocycles. The number of fused-ring (bicyclic) bond motifs is 1. The molecule has 1 saturated carbocycles. The Hall–Kier alpha value is -1.61. The Balaban J connectivity index is 1.67. The van der Waals surface area contributed by atoms with Crippen LogP contribution in [0.4, 0.5) is 0 Å². The number of carbonyl (C=O) groups excluding carboxylic acids is 1. The van der Waals surface area contributed by atoms with Crippen molar-refractivity contribution >= 4 is 17.2 Å². The zero-order valence-electron chi connectivity index (χ0n) is 12.4. The molecule has 1 aliphatic heterocycles. The molecule has 2 fully saturated rings. The van der Waals surface area contributed by atoms with Gasteiger partial charge < -0.3 is 4.90 Å². The third kappa shape index (κ3) is 2.11. The van der Waals surface area contributed by atoms with Gasteiger partial charge in [0.25, 0.3) is 5.91 Å². The van der Waals surface area contributed by atoms with Crippen molar-refractivity contribution in [2.75, 3.05) is 6.54 Å². The molecule has 2 aliphatic rings. The van der Waals surface area contributed by atoms with Crippen molar-refractivity contribution in [3.63, 3.8) is 0 Å². The number of carbonyl (C=O) groups is 1. The molecule has 3 heteroatoms. The van der Waals surface area contributed by atoms with Crippen LogP contribution in [0.2, 0.25) is 0 Å². The fourth-order valence-electron chi connectivity index (χ4n) is 3.63. The Morgan fingerprint density at radius 2 is 2.19 bits per heavy atom. The molecule has 3 atom stereocenters. The number of amides is 1. The fraction of sp³-hybridized carbons (Fsp3) is 0.389. The van der Waals surface area contributed by atoms with Gasteiger partial charge in [0.05, 0.1) is 5.56 Å². The first-order valence-corrected chi connectivity index (χ1v) is 8.48. The summed E-state index contributed by atoms with van der Waals surface area (Å²) in [6.45, 7) is 5.25. The minimum Gasteiger partial charge on any atom is -0.335 e. The molecular formula is C18H19NOS. The molecule has 1 aliphatic carbocycles. The van der Waals surface area contributed by atoms with E-state index < -0.39 is 0 Å². The van der Waals surface area contributed by atoms with Crippen molar-refractivity contribution in [3.8, 4) is 10.4 Å². The summed E-state index contributed by atoms with van der Waals surface area (Å²) >= 11 is 1.66. The van der Waals surface area contributed by atoms with Gasteiger partial charge in [-0.1, -0.05) is 29.8 Å². The summed E-state index contributed by atoms with van der Waals surface area (Å²) in [6, 6.07) is 10.8. The maximum atomic E-state index is 12.9. The van der Waals surface area contributed by atoms with Crippen LogP contribution in [-0.4, -0.2) is 23.4 Å². The number of thiophene rings is 1. The van der Waals surface area contributed by atoms with Crippen molar-refractivity contribution in [3.05, 3.63) is 46.8 Å². The number of nitrogens with zero attached hydrogens (tertiary/aromatic N) is 1. The Labute approximate surface area is 129 Å². The van der Waals surface area contributed by atoms with Gasteiger partial charge in [-0.25, -0.2) is 0 Å². The second-order valence-corrected chi connectivity index (χ2v) is 7.31. The number of hydrogen-bond acceptors (Lipinski definition) is 2. The van der Waals surface area contributed by atoms with E-state index in [4.69, 9.17) is 0 Å². The molecule has 2 nitrogen and oxygen atoms in total. The lowest BCUT2D eigenvalue weighted by Crippen LogP contribution is -2.36. The third-order valence-corrected chi connectivity index (χ3v) is 5.92. The van der Waals surface area contributed by atoms with Crippen LogP contribution in [0.25, 0.3) is 10.4 Å². The summed E-state index contributed by atoms with van der Waals surface area (Å²) in [4.78, 5) is 16.1. The summed E-state index contributed by atoms with van der Waals surface area (Å²) in [5.41, 5.74) is 3.26. The van der Waals surface area contributed by atoms with Crippen molar-refractivity contribution in [2.45, 2.75) is 26.3 Å². The van der Waals surface area contributed by atoms with Crippen LogP contribution in [0.3, 0.4) is 0 Å². The average Bonchev–Trinajstić information content (AvgIpc) is 2.94. The Bertz CT molecular complexity index is 705. The zero-order valence-corrected chi connectivity index (χ0v) is 13.2. The smallest absolute Gasteiger partial charge is 0.255 e. The van der Waals surface area contributed by atoms with E-state index in [2.05, 4.69) is 43.0 Å². The number of aryl methyl sites for hydroxylation is 1. The lowest BCUT2D eigenvalue weighted by Gasteiger charge is -2.24. The summed E-state index contributed by atoms with van der Waals surface area (Å²) in [5.74, 6) is 1.74. The maximum Gasteiger partial charge on any atom is 0.255 e. The molecule has 0 radical (unpaired) electrons. The van der Waals surface area contributed by atoms with E-state index >= 15 is 0 Å². The van der Waals surface area contributed by atoms with E-state index in [1.807, 2.05) is 11.4 Å². The molecular weight excluding hydrogens is 278 g/mol. The lowest BCUT2D eigenvalue weighted by atomic mass is 10.1. The SMILES string of the molecule is Cc1cccc(-c2sccc2C(=O)N2C[C@@H]3C[C@@H]3[C@@H]2C)c1. The highest BCUT2D eigenvalue weighted by Gasteiger charge is 2.52. The molecule has 0 N–H and O–H groups in total. The van der Waals surface area contributed by atoms with E-state index in [9.17, 15) is 4.79 Å². The van der Waals surface area contributed by atoms with Crippen molar-refractivity contribution < 1.29 is 4.79 Å². The molecule has 1 aromatic carbocycles. The number of rotatable bonds is 2. The summed E-state index contributed by atoms with van der Waals surface area (Å²) in [6.07, 6.45) is 1.32. The molecule has 108 valence electrons. The van der Waals surface area contributed by atoms with Crippen LogP contribution in [0.1, 0.15) is 29.3 Å². The Morgan fingerprint density at radius 1 is 1.33 bits per heavy atom. The predicted molar refractivity (Wildman–Crippen MR) is 86.6 cm³/mol. The van der Waals surface area contributed by atoms with E-state index in [0.29, 0.717) is 6.04 Å². The van der Waals surface area contributed by atoms with Crippen molar-refractivity contribution in [1.29, 1.82) is 0 Å². The first-order chi connectivity index (χ1) is 10.1. The maximum absolute atomic E-state index is 12.9. The summed E-state index contributed by atoms with van der Waals surface area (Å²) < 4.78 is 0. The first kappa shape index (κ1) is 13.1. The van der Waals surface area contributed by atoms with Gasteiger partial charge in [-0.15, -0.1) is 11.3 Å². The normalized spacial score (nSPS) is 26.8. The molecule has 0 spiro atoms. The fourth-order valence-corrected chi connectivity index (χ4v) is 4.52. The van der Waals surface area contributed by atoms with Crippen molar-refractivity contribution in [1.82, 2.24) is 4.90 Å². The van der Waals surface area contributed by atoms with Crippen LogP contribution in [0, 0.1) is 18.8 Å². The van der Waals surface area contributed by atoms with Gasteiger partial charge >= 0.3 is 0 Å². The summed E-state index contributed by atoms with van der Waals surface area (Å²) in [7, 11) is 0. The van der Waals surface area contributed by atoms with Gasteiger partial charge in [-0.2, -0.15) is 0 Å². The predicted octanol–water partition coefficient (Wildman–Crippen LogP) is 4.20. The third-order valence-electron chi connectivity index (χ3n) is 4.96. The molecule has 1 aromatic heterocycles. The lowest BCUT2D eigenvalue weighted by molar-refractivity contribution is 0.0721. The van der Waals surface area contributed by atoms with Gasteiger partial charge in [0, 0.05) is 17.5 Å². The highest BCUT2D eigenvalue weighted by Crippen LogP contribution is 2.50. The molecule has 0 bridgehead atoms. The van der Waals surface area contributed by atoms with Crippen LogP contribution in [-0.2, 0) is 0 Å². The number of piperidine rings is 1. The van der Waals surface area contributed by atoms with Gasteiger partial charge in [-0.3, -0.25) is 4.79 Å². The Kier molecular flexibility index (Phi) is 2.93. The molecule has 4 rings (SSSR count). The van der Waals surface area contributed by atoms with Crippen LogP contribution < -0.4 is 0 Å². The van der Waals surface area contributed by atoms with Gasteiger partial charge in [0.2, 0.25) is 0 Å². The van der Waals surface area contributed by atoms with E-state index in [1.165, 1.54) is 12.0 Å². The number of hydrogen-bond donors (Lipinski definition) is 0. The van der Waals surface area contributed by atoms with E-state index in [-0.39, 0.29) is 5.91 Å². The first-order valence-electron chi connectivity index (χ1n) is 7.60.